The number of rotatable bonds is 13. The number of phenols is 5. The SMILES string of the molecule is CCC(C)(C)C(=O)NC(=O)c1cc(I)cc(I)c1O.CCC(C)(C)C(=O)Oc1ccc(O)c(I)c1.CCC(C)(C)C(=O)Oc1ccc(O)c(O)c1.CCC(C)(C)C(=O)Oc1ccc(O)cc1OC. The summed E-state index contributed by atoms with van der Waals surface area (Å²) in [6.45, 7) is 22.1. The maximum absolute atomic E-state index is 12.0. The molecular formula is C50H64I3NO14. The number of aromatic hydroxyl groups is 5. The van der Waals surface area contributed by atoms with Gasteiger partial charge >= 0.3 is 17.9 Å². The quantitative estimate of drug-likeness (QED) is 0.0316. The molecule has 0 saturated heterocycles. The van der Waals surface area contributed by atoms with Crippen LogP contribution in [-0.2, 0) is 19.2 Å². The molecule has 68 heavy (non-hydrogen) atoms. The van der Waals surface area contributed by atoms with Crippen molar-refractivity contribution in [2.75, 3.05) is 7.11 Å². The zero-order chi connectivity index (χ0) is 52.5. The van der Waals surface area contributed by atoms with E-state index in [1.807, 2.05) is 101 Å². The highest BCUT2D eigenvalue weighted by molar-refractivity contribution is 14.1. The monoisotopic (exact) mass is 1280 g/mol. The van der Waals surface area contributed by atoms with Crippen LogP contribution in [-0.4, -0.2) is 62.4 Å². The smallest absolute Gasteiger partial charge is 0.317 e. The van der Waals surface area contributed by atoms with Crippen molar-refractivity contribution in [3.05, 3.63) is 83.0 Å². The topological polar surface area (TPSA) is 235 Å². The summed E-state index contributed by atoms with van der Waals surface area (Å²) in [7, 11) is 1.46. The molecule has 0 radical (unpaired) electrons. The van der Waals surface area contributed by atoms with E-state index in [9.17, 15) is 44.4 Å². The van der Waals surface area contributed by atoms with Crippen molar-refractivity contribution in [3.63, 3.8) is 0 Å². The molecule has 0 aliphatic rings. The van der Waals surface area contributed by atoms with Gasteiger partial charge in [0.15, 0.2) is 23.0 Å². The zero-order valence-electron chi connectivity index (χ0n) is 40.7. The molecule has 0 atom stereocenters. The first-order valence-electron chi connectivity index (χ1n) is 21.4. The van der Waals surface area contributed by atoms with E-state index in [-0.39, 0.29) is 63.9 Å². The molecule has 0 fully saturated rings. The predicted molar refractivity (Wildman–Crippen MR) is 284 cm³/mol. The molecule has 0 aliphatic heterocycles. The van der Waals surface area contributed by atoms with Gasteiger partial charge in [0.05, 0.1) is 36.1 Å². The lowest BCUT2D eigenvalue weighted by Crippen LogP contribution is -2.40. The summed E-state index contributed by atoms with van der Waals surface area (Å²) in [5, 5.41) is 49.2. The zero-order valence-corrected chi connectivity index (χ0v) is 47.2. The molecule has 2 amide bonds. The molecule has 6 N–H and O–H groups in total. The Morgan fingerprint density at radius 2 is 0.971 bits per heavy atom. The van der Waals surface area contributed by atoms with Crippen LogP contribution in [0.1, 0.15) is 119 Å². The summed E-state index contributed by atoms with van der Waals surface area (Å²) in [4.78, 5) is 59.3. The number of halogens is 3. The normalized spacial score (nSPS) is 11.2. The maximum atomic E-state index is 12.0. The van der Waals surface area contributed by atoms with Crippen molar-refractivity contribution in [2.24, 2.45) is 21.7 Å². The molecule has 0 bridgehead atoms. The highest BCUT2D eigenvalue weighted by Gasteiger charge is 2.31. The van der Waals surface area contributed by atoms with Gasteiger partial charge in [-0.05, 0) is 190 Å². The van der Waals surface area contributed by atoms with Crippen LogP contribution >= 0.6 is 67.8 Å². The molecule has 18 heteroatoms. The van der Waals surface area contributed by atoms with Crippen LogP contribution in [0.2, 0.25) is 0 Å². The number of ether oxygens (including phenoxy) is 4. The number of amides is 2. The minimum Gasteiger partial charge on any atom is -0.508 e. The Bertz CT molecular complexity index is 2320. The third kappa shape index (κ3) is 19.1. The van der Waals surface area contributed by atoms with Crippen molar-refractivity contribution in [3.8, 4) is 51.7 Å². The van der Waals surface area contributed by atoms with Crippen molar-refractivity contribution in [2.45, 2.75) is 109 Å². The van der Waals surface area contributed by atoms with E-state index in [1.165, 1.54) is 49.6 Å². The largest absolute Gasteiger partial charge is 0.508 e. The molecule has 0 heterocycles. The molecule has 0 unspecified atom stereocenters. The van der Waals surface area contributed by atoms with Gasteiger partial charge in [-0.1, -0.05) is 41.5 Å². The minimum absolute atomic E-state index is 0.0661. The van der Waals surface area contributed by atoms with Gasteiger partial charge in [0.1, 0.15) is 28.7 Å². The van der Waals surface area contributed by atoms with Crippen LogP contribution in [0.3, 0.4) is 0 Å². The third-order valence-corrected chi connectivity index (χ3v) is 13.3. The van der Waals surface area contributed by atoms with Crippen molar-refractivity contribution >= 4 is 97.5 Å². The molecule has 4 rings (SSSR count). The lowest BCUT2D eigenvalue weighted by Gasteiger charge is -2.21. The van der Waals surface area contributed by atoms with E-state index >= 15 is 0 Å². The van der Waals surface area contributed by atoms with E-state index in [1.54, 1.807) is 52.0 Å². The summed E-state index contributed by atoms with van der Waals surface area (Å²) in [5.74, 6) is -0.881. The van der Waals surface area contributed by atoms with E-state index in [4.69, 9.17) is 24.1 Å². The summed E-state index contributed by atoms with van der Waals surface area (Å²) in [5.41, 5.74) is -2.07. The van der Waals surface area contributed by atoms with Gasteiger partial charge < -0.3 is 44.5 Å². The number of hydrogen-bond donors (Lipinski definition) is 6. The average molecular weight is 1280 g/mol. The Hall–Kier alpha value is -4.58. The lowest BCUT2D eigenvalue weighted by molar-refractivity contribution is -0.145. The van der Waals surface area contributed by atoms with E-state index < -0.39 is 27.6 Å². The van der Waals surface area contributed by atoms with Gasteiger partial charge in [0, 0.05) is 21.1 Å². The van der Waals surface area contributed by atoms with Gasteiger partial charge in [-0.3, -0.25) is 29.3 Å². The molecule has 4 aromatic carbocycles. The van der Waals surface area contributed by atoms with Gasteiger partial charge in [-0.25, -0.2) is 0 Å². The number of carbonyl (C=O) groups excluding carboxylic acids is 5. The molecule has 0 saturated carbocycles. The second-order valence-corrected chi connectivity index (χ2v) is 21.4. The average Bonchev–Trinajstić information content (AvgIpc) is 3.28. The van der Waals surface area contributed by atoms with Crippen molar-refractivity contribution < 1.29 is 68.5 Å². The molecule has 374 valence electrons. The number of esters is 3. The standard InChI is InChI=1S/C13H15I2NO3.C13H18O4.C12H15IO3.C12H16O4/c1-4-13(2,3)12(19)16-11(18)8-5-7(14)6-9(15)10(8)17;1-5-13(2,3)12(15)17-10-7-6-9(14)8-11(10)16-4;1-4-12(2,3)11(15)16-8-5-6-10(14)9(13)7-8;1-4-12(2,3)11(15)16-8-5-6-9(13)10(14)7-8/h5-6,17H,4H2,1-3H3,(H,16,18,19);6-8,14H,5H2,1-4H3;5-7,14H,4H2,1-3H3;5-7,13-14H,4H2,1-3H3. The van der Waals surface area contributed by atoms with Gasteiger partial charge in [0.2, 0.25) is 5.91 Å². The highest BCUT2D eigenvalue weighted by atomic mass is 127. The number of nitrogens with one attached hydrogen (secondary N) is 1. The number of phenolic OH excluding ortho intramolecular Hbond substituents is 5. The summed E-state index contributed by atoms with van der Waals surface area (Å²) < 4.78 is 22.7. The van der Waals surface area contributed by atoms with Crippen molar-refractivity contribution in [1.29, 1.82) is 0 Å². The van der Waals surface area contributed by atoms with E-state index in [0.717, 1.165) is 9.99 Å². The molecular weight excluding hydrogens is 1220 g/mol. The van der Waals surface area contributed by atoms with Crippen LogP contribution in [0.25, 0.3) is 0 Å². The van der Waals surface area contributed by atoms with Gasteiger partial charge in [0.25, 0.3) is 5.91 Å². The van der Waals surface area contributed by atoms with Crippen LogP contribution in [0, 0.1) is 32.4 Å². The summed E-state index contributed by atoms with van der Waals surface area (Å²) in [6, 6.07) is 16.3. The molecule has 0 aliphatic carbocycles. The van der Waals surface area contributed by atoms with Crippen molar-refractivity contribution in [1.82, 2.24) is 5.32 Å². The number of imide groups is 1. The molecule has 4 aromatic rings. The van der Waals surface area contributed by atoms with E-state index in [2.05, 4.69) is 27.9 Å². The molecule has 0 spiro atoms. The van der Waals surface area contributed by atoms with Gasteiger partial charge in [-0.15, -0.1) is 0 Å². The first kappa shape index (κ1) is 61.4. The second-order valence-electron chi connectivity index (χ2n) is 17.8. The summed E-state index contributed by atoms with van der Waals surface area (Å²) >= 11 is 5.99. The fraction of sp³-hybridized carbons (Fsp3) is 0.420. The first-order valence-corrected chi connectivity index (χ1v) is 24.6. The predicted octanol–water partition coefficient (Wildman–Crippen LogP) is 11.8. The summed E-state index contributed by atoms with van der Waals surface area (Å²) in [6.07, 6.45) is 2.70. The van der Waals surface area contributed by atoms with Crippen LogP contribution < -0.4 is 24.3 Å². The number of methoxy groups -OCH3 is 1. The number of hydrogen-bond acceptors (Lipinski definition) is 14. The number of benzene rings is 4. The van der Waals surface area contributed by atoms with Crippen LogP contribution in [0.5, 0.6) is 51.7 Å². The third-order valence-electron chi connectivity index (χ3n) is 10.9. The fourth-order valence-corrected chi connectivity index (χ4v) is 6.59. The van der Waals surface area contributed by atoms with Gasteiger partial charge in [-0.2, -0.15) is 0 Å². The minimum atomic E-state index is -0.611. The second kappa shape index (κ2) is 27.0. The Balaban J connectivity index is 0.000000454. The Morgan fingerprint density at radius 3 is 1.41 bits per heavy atom. The van der Waals surface area contributed by atoms with Crippen LogP contribution in [0.15, 0.2) is 66.7 Å². The van der Waals surface area contributed by atoms with Crippen LogP contribution in [0.4, 0.5) is 0 Å². The Labute approximate surface area is 440 Å². The first-order chi connectivity index (χ1) is 31.3. The fourth-order valence-electron chi connectivity index (χ4n) is 4.26. The lowest BCUT2D eigenvalue weighted by atomic mass is 9.89. The molecule has 0 aromatic heterocycles. The Morgan fingerprint density at radius 1 is 0.515 bits per heavy atom. The maximum Gasteiger partial charge on any atom is 0.317 e. The Kier molecular flexibility index (Phi) is 24.4. The van der Waals surface area contributed by atoms with E-state index in [0.29, 0.717) is 43.7 Å². The highest BCUT2D eigenvalue weighted by Crippen LogP contribution is 2.34. The number of carbonyl (C=O) groups is 5. The molecule has 15 nitrogen and oxygen atoms in total.